The number of hydrogen-bond donors (Lipinski definition) is 1. The lowest BCUT2D eigenvalue weighted by atomic mass is 10.2. The Bertz CT molecular complexity index is 495. The van der Waals surface area contributed by atoms with E-state index < -0.39 is 5.82 Å². The first-order valence-electron chi connectivity index (χ1n) is 5.02. The average molecular weight is 220 g/mol. The first-order valence-corrected chi connectivity index (χ1v) is 5.02. The van der Waals surface area contributed by atoms with Crippen LogP contribution in [0.25, 0.3) is 0 Å². The van der Waals surface area contributed by atoms with E-state index >= 15 is 0 Å². The van der Waals surface area contributed by atoms with Gasteiger partial charge >= 0.3 is 0 Å². The van der Waals surface area contributed by atoms with Gasteiger partial charge in [0.05, 0.1) is 23.2 Å². The summed E-state index contributed by atoms with van der Waals surface area (Å²) >= 11 is 0. The summed E-state index contributed by atoms with van der Waals surface area (Å²) in [5.74, 6) is -1.42. The van der Waals surface area contributed by atoms with Gasteiger partial charge in [0.1, 0.15) is 5.82 Å². The van der Waals surface area contributed by atoms with Gasteiger partial charge in [-0.3, -0.25) is 9.59 Å². The minimum Gasteiger partial charge on any atom is -0.397 e. The summed E-state index contributed by atoms with van der Waals surface area (Å²) in [4.78, 5) is 24.5. The molecule has 2 unspecified atom stereocenters. The molecule has 1 heterocycles. The number of nitrogen functional groups attached to an aromatic ring is 1. The number of fused-ring (bicyclic) bond motifs is 1. The van der Waals surface area contributed by atoms with E-state index in [9.17, 15) is 14.0 Å². The van der Waals surface area contributed by atoms with Gasteiger partial charge in [-0.2, -0.15) is 0 Å². The van der Waals surface area contributed by atoms with Crippen LogP contribution in [0, 0.1) is 17.7 Å². The monoisotopic (exact) mass is 220 g/mol. The van der Waals surface area contributed by atoms with Crippen molar-refractivity contribution in [1.82, 2.24) is 0 Å². The molecule has 1 saturated heterocycles. The van der Waals surface area contributed by atoms with Gasteiger partial charge in [0.2, 0.25) is 11.8 Å². The fourth-order valence-corrected chi connectivity index (χ4v) is 2.13. The fourth-order valence-electron chi connectivity index (χ4n) is 2.13. The maximum absolute atomic E-state index is 13.1. The van der Waals surface area contributed by atoms with Crippen LogP contribution in [-0.2, 0) is 9.59 Å². The van der Waals surface area contributed by atoms with Crippen LogP contribution < -0.4 is 10.6 Å². The standard InChI is InChI=1S/C11H9FN2O2/c12-5-1-2-8(13)9(3-5)14-10(15)6-4-7(6)11(14)16/h1-3,6-7H,4,13H2. The molecule has 82 valence electrons. The molecule has 3 rings (SSSR count). The molecule has 5 heteroatoms. The van der Waals surface area contributed by atoms with Crippen molar-refractivity contribution in [3.05, 3.63) is 24.0 Å². The number of nitrogens with two attached hydrogens (primary N) is 1. The maximum Gasteiger partial charge on any atom is 0.237 e. The van der Waals surface area contributed by atoms with Crippen LogP contribution in [0.2, 0.25) is 0 Å². The summed E-state index contributed by atoms with van der Waals surface area (Å²) in [7, 11) is 0. The van der Waals surface area contributed by atoms with Gasteiger partial charge in [-0.05, 0) is 18.6 Å². The van der Waals surface area contributed by atoms with Crippen molar-refractivity contribution in [1.29, 1.82) is 0 Å². The van der Waals surface area contributed by atoms with E-state index in [4.69, 9.17) is 5.73 Å². The number of benzene rings is 1. The molecule has 0 spiro atoms. The summed E-state index contributed by atoms with van der Waals surface area (Å²) in [6.45, 7) is 0. The van der Waals surface area contributed by atoms with Crippen LogP contribution in [0.15, 0.2) is 18.2 Å². The molecule has 2 N–H and O–H groups in total. The zero-order chi connectivity index (χ0) is 11.4. The van der Waals surface area contributed by atoms with Crippen molar-refractivity contribution in [2.24, 2.45) is 11.8 Å². The average Bonchev–Trinajstić information content (AvgIpc) is 2.98. The number of imide groups is 1. The molecule has 1 saturated carbocycles. The van der Waals surface area contributed by atoms with Crippen molar-refractivity contribution < 1.29 is 14.0 Å². The Morgan fingerprint density at radius 2 is 1.88 bits per heavy atom. The number of halogens is 1. The summed E-state index contributed by atoms with van der Waals surface area (Å²) in [6.07, 6.45) is 0.628. The molecule has 0 radical (unpaired) electrons. The lowest BCUT2D eigenvalue weighted by Gasteiger charge is -2.18. The van der Waals surface area contributed by atoms with Crippen molar-refractivity contribution in [3.63, 3.8) is 0 Å². The van der Waals surface area contributed by atoms with E-state index in [1.54, 1.807) is 0 Å². The highest BCUT2D eigenvalue weighted by molar-refractivity contribution is 6.25. The highest BCUT2D eigenvalue weighted by Gasteiger charge is 2.59. The molecule has 2 amide bonds. The second-order valence-electron chi connectivity index (χ2n) is 4.16. The van der Waals surface area contributed by atoms with E-state index in [2.05, 4.69) is 0 Å². The summed E-state index contributed by atoms with van der Waals surface area (Å²) in [6, 6.07) is 3.68. The number of rotatable bonds is 1. The number of anilines is 2. The number of carbonyl (C=O) groups excluding carboxylic acids is 2. The van der Waals surface area contributed by atoms with Crippen LogP contribution in [0.1, 0.15) is 6.42 Å². The van der Waals surface area contributed by atoms with Crippen molar-refractivity contribution in [3.8, 4) is 0 Å². The lowest BCUT2D eigenvalue weighted by Crippen LogP contribution is -2.33. The largest absolute Gasteiger partial charge is 0.397 e. The Kier molecular flexibility index (Phi) is 1.64. The Morgan fingerprint density at radius 3 is 2.50 bits per heavy atom. The highest BCUT2D eigenvalue weighted by atomic mass is 19.1. The van der Waals surface area contributed by atoms with Crippen LogP contribution in [0.3, 0.4) is 0 Å². The predicted molar refractivity (Wildman–Crippen MR) is 54.9 cm³/mol. The molecule has 16 heavy (non-hydrogen) atoms. The number of piperidine rings is 1. The van der Waals surface area contributed by atoms with Crippen molar-refractivity contribution in [2.45, 2.75) is 6.42 Å². The second kappa shape index (κ2) is 2.81. The molecule has 1 aromatic carbocycles. The molecular weight excluding hydrogens is 211 g/mol. The van der Waals surface area contributed by atoms with Crippen LogP contribution in [0.4, 0.5) is 15.8 Å². The van der Waals surface area contributed by atoms with Gasteiger partial charge in [-0.25, -0.2) is 9.29 Å². The van der Waals surface area contributed by atoms with Gasteiger partial charge in [0, 0.05) is 6.07 Å². The fraction of sp³-hybridized carbons (Fsp3) is 0.273. The third kappa shape index (κ3) is 1.08. The van der Waals surface area contributed by atoms with E-state index in [0.29, 0.717) is 6.42 Å². The van der Waals surface area contributed by atoms with Gasteiger partial charge in [-0.15, -0.1) is 0 Å². The summed E-state index contributed by atoms with van der Waals surface area (Å²) in [5, 5.41) is 0. The third-order valence-electron chi connectivity index (χ3n) is 3.10. The van der Waals surface area contributed by atoms with Crippen molar-refractivity contribution in [2.75, 3.05) is 10.6 Å². The summed E-state index contributed by atoms with van der Waals surface area (Å²) < 4.78 is 13.1. The molecular formula is C11H9FN2O2. The van der Waals surface area contributed by atoms with Gasteiger partial charge in [-0.1, -0.05) is 0 Å². The zero-order valence-electron chi connectivity index (χ0n) is 8.31. The number of carbonyl (C=O) groups is 2. The summed E-state index contributed by atoms with van der Waals surface area (Å²) in [5.41, 5.74) is 6.05. The SMILES string of the molecule is Nc1ccc(F)cc1N1C(=O)C2CC2C1=O. The van der Waals surface area contributed by atoms with E-state index in [0.717, 1.165) is 11.0 Å². The first-order chi connectivity index (χ1) is 7.59. The normalized spacial score (nSPS) is 27.2. The lowest BCUT2D eigenvalue weighted by molar-refractivity contribution is -0.123. The van der Waals surface area contributed by atoms with E-state index in [-0.39, 0.29) is 35.0 Å². The van der Waals surface area contributed by atoms with E-state index in [1.165, 1.54) is 12.1 Å². The predicted octanol–water partition coefficient (Wildman–Crippen LogP) is 0.917. The molecule has 0 bridgehead atoms. The Balaban J connectivity index is 2.07. The minimum atomic E-state index is -0.509. The van der Waals surface area contributed by atoms with Crippen LogP contribution >= 0.6 is 0 Å². The third-order valence-corrected chi connectivity index (χ3v) is 3.10. The molecule has 2 aliphatic rings. The Morgan fingerprint density at radius 1 is 1.25 bits per heavy atom. The highest BCUT2D eigenvalue weighted by Crippen LogP contribution is 2.49. The Labute approximate surface area is 90.8 Å². The van der Waals surface area contributed by atoms with E-state index in [1.807, 2.05) is 0 Å². The number of hydrogen-bond acceptors (Lipinski definition) is 3. The number of nitrogens with zero attached hydrogens (tertiary/aromatic N) is 1. The van der Waals surface area contributed by atoms with Crippen LogP contribution in [0.5, 0.6) is 0 Å². The molecule has 1 aromatic rings. The zero-order valence-corrected chi connectivity index (χ0v) is 8.31. The molecule has 1 aliphatic heterocycles. The molecule has 2 fully saturated rings. The molecule has 1 aliphatic carbocycles. The van der Waals surface area contributed by atoms with Gasteiger partial charge < -0.3 is 5.73 Å². The Hall–Kier alpha value is -1.91. The second-order valence-corrected chi connectivity index (χ2v) is 4.16. The molecule has 2 atom stereocenters. The topological polar surface area (TPSA) is 63.4 Å². The molecule has 0 aromatic heterocycles. The first kappa shape index (κ1) is 9.33. The number of amides is 2. The smallest absolute Gasteiger partial charge is 0.237 e. The quantitative estimate of drug-likeness (QED) is 0.565. The van der Waals surface area contributed by atoms with Gasteiger partial charge in [0.15, 0.2) is 0 Å². The molecule has 4 nitrogen and oxygen atoms in total. The van der Waals surface area contributed by atoms with Gasteiger partial charge in [0.25, 0.3) is 0 Å². The van der Waals surface area contributed by atoms with Crippen molar-refractivity contribution >= 4 is 23.2 Å². The van der Waals surface area contributed by atoms with Crippen LogP contribution in [-0.4, -0.2) is 11.8 Å². The maximum atomic E-state index is 13.1. The minimum absolute atomic E-state index is 0.169.